The molecule has 0 spiro atoms. The molecule has 6 heteroatoms. The number of hydrogen-bond acceptors (Lipinski definition) is 3. The van der Waals surface area contributed by atoms with E-state index in [0.717, 1.165) is 0 Å². The van der Waals surface area contributed by atoms with Gasteiger partial charge in [0.2, 0.25) is 5.91 Å². The van der Waals surface area contributed by atoms with Gasteiger partial charge in [0.05, 0.1) is 18.1 Å². The molecular weight excluding hydrogens is 295 g/mol. The van der Waals surface area contributed by atoms with Crippen LogP contribution in [0.15, 0.2) is 42.5 Å². The fourth-order valence-electron chi connectivity index (χ4n) is 1.66. The molecule has 0 saturated carbocycles. The van der Waals surface area contributed by atoms with E-state index in [1.54, 1.807) is 24.3 Å². The molecule has 2 rings (SSSR count). The van der Waals surface area contributed by atoms with Crippen LogP contribution in [-0.2, 0) is 4.79 Å². The average Bonchev–Trinajstić information content (AvgIpc) is 2.45. The van der Waals surface area contributed by atoms with Crippen LogP contribution >= 0.6 is 11.6 Å². The van der Waals surface area contributed by atoms with Gasteiger partial charge in [0.15, 0.2) is 11.6 Å². The molecule has 0 heterocycles. The summed E-state index contributed by atoms with van der Waals surface area (Å²) in [6, 6.07) is 11.0. The summed E-state index contributed by atoms with van der Waals surface area (Å²) in [5.74, 6) is -0.840. The Morgan fingerprint density at radius 3 is 2.62 bits per heavy atom. The number of nitrogen functional groups attached to an aromatic ring is 1. The van der Waals surface area contributed by atoms with E-state index in [4.69, 9.17) is 22.1 Å². The summed E-state index contributed by atoms with van der Waals surface area (Å²) >= 11 is 5.81. The lowest BCUT2D eigenvalue weighted by Gasteiger charge is -2.09. The quantitative estimate of drug-likeness (QED) is 0.831. The number of carbonyl (C=O) groups is 1. The van der Waals surface area contributed by atoms with Crippen molar-refractivity contribution in [2.24, 2.45) is 0 Å². The fraction of sp³-hybridized carbons (Fsp3) is 0.133. The highest BCUT2D eigenvalue weighted by molar-refractivity contribution is 6.32. The smallest absolute Gasteiger partial charge is 0.227 e. The maximum atomic E-state index is 13.4. The summed E-state index contributed by atoms with van der Waals surface area (Å²) in [6.07, 6.45) is 0.0784. The Morgan fingerprint density at radius 1 is 1.24 bits per heavy atom. The lowest BCUT2D eigenvalue weighted by molar-refractivity contribution is -0.116. The van der Waals surface area contributed by atoms with Gasteiger partial charge in [-0.25, -0.2) is 4.39 Å². The van der Waals surface area contributed by atoms with Gasteiger partial charge in [-0.3, -0.25) is 4.79 Å². The molecule has 4 nitrogen and oxygen atoms in total. The molecule has 0 radical (unpaired) electrons. The first-order chi connectivity index (χ1) is 10.1. The normalized spacial score (nSPS) is 10.2. The SMILES string of the molecule is Nc1ccc(NC(=O)CCOc2c(F)cccc2Cl)cc1. The standard InChI is InChI=1S/C15H14ClFN2O2/c16-12-2-1-3-13(17)15(12)21-9-8-14(20)19-11-6-4-10(18)5-7-11/h1-7H,8-9,18H2,(H,19,20). The van der Waals surface area contributed by atoms with Crippen LogP contribution in [0.2, 0.25) is 5.02 Å². The van der Waals surface area contributed by atoms with Crippen LogP contribution in [0.4, 0.5) is 15.8 Å². The molecule has 3 N–H and O–H groups in total. The summed E-state index contributed by atoms with van der Waals surface area (Å²) in [5, 5.41) is 2.86. The molecule has 0 aliphatic rings. The number of benzene rings is 2. The molecule has 2 aromatic rings. The predicted octanol–water partition coefficient (Wildman–Crippen LogP) is 3.47. The van der Waals surface area contributed by atoms with Gasteiger partial charge in [0, 0.05) is 11.4 Å². The Kier molecular flexibility index (Phi) is 5.00. The molecule has 0 aromatic heterocycles. The maximum Gasteiger partial charge on any atom is 0.227 e. The Labute approximate surface area is 126 Å². The first kappa shape index (κ1) is 15.1. The van der Waals surface area contributed by atoms with Crippen molar-refractivity contribution >= 4 is 28.9 Å². The first-order valence-electron chi connectivity index (χ1n) is 6.28. The largest absolute Gasteiger partial charge is 0.488 e. The van der Waals surface area contributed by atoms with Crippen molar-refractivity contribution in [1.29, 1.82) is 0 Å². The number of carbonyl (C=O) groups excluding carboxylic acids is 1. The van der Waals surface area contributed by atoms with Crippen LogP contribution in [0.1, 0.15) is 6.42 Å². The van der Waals surface area contributed by atoms with Crippen LogP contribution in [-0.4, -0.2) is 12.5 Å². The number of rotatable bonds is 5. The molecule has 2 aromatic carbocycles. The first-order valence-corrected chi connectivity index (χ1v) is 6.66. The molecule has 1 amide bonds. The van der Waals surface area contributed by atoms with E-state index in [2.05, 4.69) is 5.32 Å². The van der Waals surface area contributed by atoms with Crippen LogP contribution in [0.3, 0.4) is 0 Å². The number of nitrogens with two attached hydrogens (primary N) is 1. The number of hydrogen-bond donors (Lipinski definition) is 2. The molecular formula is C15H14ClFN2O2. The summed E-state index contributed by atoms with van der Waals surface area (Å²) in [6.45, 7) is 0.0292. The molecule has 0 aliphatic carbocycles. The minimum atomic E-state index is -0.554. The highest BCUT2D eigenvalue weighted by Gasteiger charge is 2.09. The molecule has 0 bridgehead atoms. The number of para-hydroxylation sites is 1. The van der Waals surface area contributed by atoms with Gasteiger partial charge in [0.1, 0.15) is 0 Å². The van der Waals surface area contributed by atoms with Crippen LogP contribution in [0, 0.1) is 5.82 Å². The van der Waals surface area contributed by atoms with Crippen LogP contribution in [0.25, 0.3) is 0 Å². The second-order valence-corrected chi connectivity index (χ2v) is 4.73. The molecule has 110 valence electrons. The molecule has 0 unspecified atom stereocenters. The van der Waals surface area contributed by atoms with Crippen molar-refractivity contribution in [2.75, 3.05) is 17.7 Å². The molecule has 0 aliphatic heterocycles. The minimum Gasteiger partial charge on any atom is -0.488 e. The number of amides is 1. The Hall–Kier alpha value is -2.27. The van der Waals surface area contributed by atoms with Crippen molar-refractivity contribution in [3.05, 3.63) is 53.3 Å². The highest BCUT2D eigenvalue weighted by Crippen LogP contribution is 2.27. The minimum absolute atomic E-state index is 0.0292. The zero-order valence-electron chi connectivity index (χ0n) is 11.1. The zero-order chi connectivity index (χ0) is 15.2. The highest BCUT2D eigenvalue weighted by atomic mass is 35.5. The van der Waals surface area contributed by atoms with E-state index in [1.807, 2.05) is 0 Å². The summed E-state index contributed by atoms with van der Waals surface area (Å²) in [5.41, 5.74) is 6.80. The van der Waals surface area contributed by atoms with Crippen LogP contribution < -0.4 is 15.8 Å². The van der Waals surface area contributed by atoms with Gasteiger partial charge in [0.25, 0.3) is 0 Å². The Morgan fingerprint density at radius 2 is 1.95 bits per heavy atom. The third kappa shape index (κ3) is 4.36. The van der Waals surface area contributed by atoms with Gasteiger partial charge in [-0.05, 0) is 36.4 Å². The molecule has 0 saturated heterocycles. The zero-order valence-corrected chi connectivity index (χ0v) is 11.9. The third-order valence-corrected chi connectivity index (χ3v) is 2.99. The van der Waals surface area contributed by atoms with E-state index in [-0.39, 0.29) is 29.7 Å². The lowest BCUT2D eigenvalue weighted by atomic mass is 10.3. The topological polar surface area (TPSA) is 64.3 Å². The monoisotopic (exact) mass is 308 g/mol. The Balaban J connectivity index is 1.83. The van der Waals surface area contributed by atoms with Crippen molar-refractivity contribution in [2.45, 2.75) is 6.42 Å². The van der Waals surface area contributed by atoms with E-state index in [0.29, 0.717) is 11.4 Å². The number of halogens is 2. The Bertz CT molecular complexity index is 612. The van der Waals surface area contributed by atoms with Gasteiger partial charge < -0.3 is 15.8 Å². The van der Waals surface area contributed by atoms with E-state index >= 15 is 0 Å². The van der Waals surface area contributed by atoms with Gasteiger partial charge in [-0.2, -0.15) is 0 Å². The second kappa shape index (κ2) is 6.95. The van der Waals surface area contributed by atoms with Crippen molar-refractivity contribution in [3.63, 3.8) is 0 Å². The number of anilines is 2. The summed E-state index contributed by atoms with van der Waals surface area (Å²) in [7, 11) is 0. The van der Waals surface area contributed by atoms with Gasteiger partial charge in [-0.1, -0.05) is 17.7 Å². The molecule has 0 atom stereocenters. The molecule has 21 heavy (non-hydrogen) atoms. The average molecular weight is 309 g/mol. The summed E-state index contributed by atoms with van der Waals surface area (Å²) < 4.78 is 18.6. The van der Waals surface area contributed by atoms with E-state index in [1.165, 1.54) is 18.2 Å². The summed E-state index contributed by atoms with van der Waals surface area (Å²) in [4.78, 5) is 11.7. The van der Waals surface area contributed by atoms with Gasteiger partial charge in [-0.15, -0.1) is 0 Å². The van der Waals surface area contributed by atoms with Crippen molar-refractivity contribution in [3.8, 4) is 5.75 Å². The predicted molar refractivity (Wildman–Crippen MR) is 81.0 cm³/mol. The number of nitrogens with one attached hydrogen (secondary N) is 1. The van der Waals surface area contributed by atoms with Crippen LogP contribution in [0.5, 0.6) is 5.75 Å². The molecule has 0 fully saturated rings. The van der Waals surface area contributed by atoms with Crippen molar-refractivity contribution in [1.82, 2.24) is 0 Å². The maximum absolute atomic E-state index is 13.4. The second-order valence-electron chi connectivity index (χ2n) is 4.32. The third-order valence-electron chi connectivity index (χ3n) is 2.69. The fourth-order valence-corrected chi connectivity index (χ4v) is 1.87. The lowest BCUT2D eigenvalue weighted by Crippen LogP contribution is -2.15. The van der Waals surface area contributed by atoms with Gasteiger partial charge >= 0.3 is 0 Å². The van der Waals surface area contributed by atoms with Crippen molar-refractivity contribution < 1.29 is 13.9 Å². The van der Waals surface area contributed by atoms with E-state index in [9.17, 15) is 9.18 Å². The number of ether oxygens (including phenoxy) is 1. The van der Waals surface area contributed by atoms with E-state index < -0.39 is 5.82 Å².